The predicted molar refractivity (Wildman–Crippen MR) is 78.3 cm³/mol. The predicted octanol–water partition coefficient (Wildman–Crippen LogP) is 4.38. The lowest BCUT2D eigenvalue weighted by Crippen LogP contribution is -2.05. The summed E-state index contributed by atoms with van der Waals surface area (Å²) < 4.78 is 6.60. The Morgan fingerprint density at radius 2 is 1.83 bits per heavy atom. The van der Waals surface area contributed by atoms with Gasteiger partial charge in [-0.3, -0.25) is 0 Å². The van der Waals surface area contributed by atoms with E-state index in [1.165, 1.54) is 0 Å². The SMILES string of the molecule is CC(C)Oc1ccc(C(O)c2csc(Br)c2)cc1. The Morgan fingerprint density at radius 1 is 1.17 bits per heavy atom. The van der Waals surface area contributed by atoms with Crippen LogP contribution >= 0.6 is 27.3 Å². The molecule has 2 nitrogen and oxygen atoms in total. The van der Waals surface area contributed by atoms with Crippen LogP contribution in [0.15, 0.2) is 39.5 Å². The van der Waals surface area contributed by atoms with Crippen molar-refractivity contribution >= 4 is 27.3 Å². The van der Waals surface area contributed by atoms with E-state index in [0.717, 1.165) is 20.7 Å². The number of hydrogen-bond acceptors (Lipinski definition) is 3. The minimum Gasteiger partial charge on any atom is -0.491 e. The molecule has 0 bridgehead atoms. The highest BCUT2D eigenvalue weighted by Gasteiger charge is 2.12. The molecule has 1 aromatic carbocycles. The molecular weight excluding hydrogens is 312 g/mol. The van der Waals surface area contributed by atoms with Gasteiger partial charge in [0.05, 0.1) is 9.89 Å². The summed E-state index contributed by atoms with van der Waals surface area (Å²) in [6, 6.07) is 9.51. The lowest BCUT2D eigenvalue weighted by Gasteiger charge is -2.12. The maximum Gasteiger partial charge on any atom is 0.119 e. The third-order valence-electron chi connectivity index (χ3n) is 2.47. The quantitative estimate of drug-likeness (QED) is 0.903. The van der Waals surface area contributed by atoms with Crippen LogP contribution in [0.1, 0.15) is 31.1 Å². The van der Waals surface area contributed by atoms with Gasteiger partial charge < -0.3 is 9.84 Å². The zero-order valence-corrected chi connectivity index (χ0v) is 12.7. The van der Waals surface area contributed by atoms with E-state index >= 15 is 0 Å². The van der Waals surface area contributed by atoms with Gasteiger partial charge in [0.15, 0.2) is 0 Å². The minimum absolute atomic E-state index is 0.161. The zero-order chi connectivity index (χ0) is 13.1. The molecule has 1 unspecified atom stereocenters. The van der Waals surface area contributed by atoms with Crippen molar-refractivity contribution in [1.82, 2.24) is 0 Å². The molecule has 2 aromatic rings. The molecule has 1 N–H and O–H groups in total. The van der Waals surface area contributed by atoms with Crippen LogP contribution in [-0.4, -0.2) is 11.2 Å². The highest BCUT2D eigenvalue weighted by atomic mass is 79.9. The molecule has 18 heavy (non-hydrogen) atoms. The Morgan fingerprint density at radius 3 is 2.33 bits per heavy atom. The Hall–Kier alpha value is -0.840. The van der Waals surface area contributed by atoms with Crippen molar-refractivity contribution < 1.29 is 9.84 Å². The number of rotatable bonds is 4. The van der Waals surface area contributed by atoms with Crippen LogP contribution in [0.4, 0.5) is 0 Å². The number of aliphatic hydroxyl groups excluding tert-OH is 1. The topological polar surface area (TPSA) is 29.5 Å². The van der Waals surface area contributed by atoms with Gasteiger partial charge in [0.2, 0.25) is 0 Å². The molecule has 96 valence electrons. The van der Waals surface area contributed by atoms with Gasteiger partial charge in [-0.15, -0.1) is 11.3 Å². The smallest absolute Gasteiger partial charge is 0.119 e. The van der Waals surface area contributed by atoms with Crippen molar-refractivity contribution in [3.8, 4) is 5.75 Å². The molecule has 0 saturated carbocycles. The molecule has 0 saturated heterocycles. The Kier molecular flexibility index (Phi) is 4.43. The van der Waals surface area contributed by atoms with Crippen molar-refractivity contribution in [2.75, 3.05) is 0 Å². The van der Waals surface area contributed by atoms with Gasteiger partial charge in [-0.05, 0) is 64.5 Å². The molecule has 1 atom stereocenters. The summed E-state index contributed by atoms with van der Waals surface area (Å²) in [6.07, 6.45) is -0.422. The van der Waals surface area contributed by atoms with E-state index in [0.29, 0.717) is 0 Å². The van der Waals surface area contributed by atoms with Gasteiger partial charge in [-0.25, -0.2) is 0 Å². The van der Waals surface area contributed by atoms with Crippen LogP contribution in [0.25, 0.3) is 0 Å². The van der Waals surface area contributed by atoms with Crippen LogP contribution in [-0.2, 0) is 0 Å². The lowest BCUT2D eigenvalue weighted by molar-refractivity contribution is 0.220. The van der Waals surface area contributed by atoms with Gasteiger partial charge in [-0.2, -0.15) is 0 Å². The third kappa shape index (κ3) is 3.34. The average molecular weight is 327 g/mol. The standard InChI is InChI=1S/C14H15BrO2S/c1-9(2)17-12-5-3-10(4-6-12)14(16)11-7-13(15)18-8-11/h3-9,14,16H,1-2H3. The normalized spacial score (nSPS) is 12.7. The third-order valence-corrected chi connectivity index (χ3v) is 3.99. The fourth-order valence-electron chi connectivity index (χ4n) is 1.66. The first-order valence-electron chi connectivity index (χ1n) is 5.75. The monoisotopic (exact) mass is 326 g/mol. The fraction of sp³-hybridized carbons (Fsp3) is 0.286. The molecule has 2 rings (SSSR count). The Labute approximate surface area is 119 Å². The fourth-order valence-corrected chi connectivity index (χ4v) is 2.85. The van der Waals surface area contributed by atoms with Crippen molar-refractivity contribution in [2.24, 2.45) is 0 Å². The van der Waals surface area contributed by atoms with E-state index in [1.807, 2.05) is 49.6 Å². The van der Waals surface area contributed by atoms with E-state index in [9.17, 15) is 5.11 Å². The number of aliphatic hydroxyl groups is 1. The highest BCUT2D eigenvalue weighted by molar-refractivity contribution is 9.11. The summed E-state index contributed by atoms with van der Waals surface area (Å²) in [5.74, 6) is 0.826. The molecule has 4 heteroatoms. The van der Waals surface area contributed by atoms with E-state index in [2.05, 4.69) is 15.9 Å². The number of thiophene rings is 1. The van der Waals surface area contributed by atoms with E-state index in [4.69, 9.17) is 4.74 Å². The first-order valence-corrected chi connectivity index (χ1v) is 7.42. The number of hydrogen-bond donors (Lipinski definition) is 1. The van der Waals surface area contributed by atoms with E-state index < -0.39 is 6.10 Å². The first-order chi connectivity index (χ1) is 8.56. The van der Waals surface area contributed by atoms with Crippen molar-refractivity contribution in [3.05, 3.63) is 50.6 Å². The first kappa shape index (κ1) is 13.6. The zero-order valence-electron chi connectivity index (χ0n) is 10.3. The molecule has 0 aliphatic rings. The molecule has 0 spiro atoms. The van der Waals surface area contributed by atoms with Crippen molar-refractivity contribution in [3.63, 3.8) is 0 Å². The molecule has 0 aliphatic heterocycles. The number of halogens is 1. The maximum absolute atomic E-state index is 10.2. The molecule has 0 radical (unpaired) electrons. The Balaban J connectivity index is 2.14. The summed E-state index contributed by atoms with van der Waals surface area (Å²) in [5.41, 5.74) is 1.78. The number of benzene rings is 1. The van der Waals surface area contributed by atoms with Gasteiger partial charge in [0, 0.05) is 0 Å². The average Bonchev–Trinajstić information content (AvgIpc) is 2.75. The molecule has 1 aromatic heterocycles. The largest absolute Gasteiger partial charge is 0.491 e. The van der Waals surface area contributed by atoms with Crippen LogP contribution in [0.2, 0.25) is 0 Å². The summed E-state index contributed by atoms with van der Waals surface area (Å²) in [5, 5.41) is 12.2. The second-order valence-electron chi connectivity index (χ2n) is 4.32. The van der Waals surface area contributed by atoms with Crippen molar-refractivity contribution in [1.29, 1.82) is 0 Å². The summed E-state index contributed by atoms with van der Waals surface area (Å²) in [4.78, 5) is 0. The molecular formula is C14H15BrO2S. The second-order valence-corrected chi connectivity index (χ2v) is 6.61. The summed E-state index contributed by atoms with van der Waals surface area (Å²) in [7, 11) is 0. The summed E-state index contributed by atoms with van der Waals surface area (Å²) in [6.45, 7) is 3.98. The number of ether oxygens (including phenoxy) is 1. The van der Waals surface area contributed by atoms with Crippen molar-refractivity contribution in [2.45, 2.75) is 26.1 Å². The highest BCUT2D eigenvalue weighted by Crippen LogP contribution is 2.30. The van der Waals surface area contributed by atoms with Crippen LogP contribution in [0, 0.1) is 0 Å². The second kappa shape index (κ2) is 5.87. The van der Waals surface area contributed by atoms with E-state index in [1.54, 1.807) is 11.3 Å². The van der Waals surface area contributed by atoms with Crippen LogP contribution < -0.4 is 4.74 Å². The van der Waals surface area contributed by atoms with E-state index in [-0.39, 0.29) is 6.10 Å². The van der Waals surface area contributed by atoms with Crippen LogP contribution in [0.5, 0.6) is 5.75 Å². The maximum atomic E-state index is 10.2. The summed E-state index contributed by atoms with van der Waals surface area (Å²) >= 11 is 4.97. The van der Waals surface area contributed by atoms with Gasteiger partial charge in [0.1, 0.15) is 11.9 Å². The van der Waals surface area contributed by atoms with Gasteiger partial charge in [0.25, 0.3) is 0 Å². The Bertz CT molecular complexity index is 505. The molecule has 1 heterocycles. The van der Waals surface area contributed by atoms with Crippen LogP contribution in [0.3, 0.4) is 0 Å². The lowest BCUT2D eigenvalue weighted by atomic mass is 10.0. The molecule has 0 amide bonds. The minimum atomic E-state index is -0.583. The molecule has 0 aliphatic carbocycles. The van der Waals surface area contributed by atoms with Gasteiger partial charge in [-0.1, -0.05) is 12.1 Å². The van der Waals surface area contributed by atoms with Gasteiger partial charge >= 0.3 is 0 Å². The molecule has 0 fully saturated rings.